The Morgan fingerprint density at radius 1 is 1.07 bits per heavy atom. The lowest BCUT2D eigenvalue weighted by Gasteiger charge is -2.10. The van der Waals surface area contributed by atoms with Crippen molar-refractivity contribution < 1.29 is 18.7 Å². The van der Waals surface area contributed by atoms with Crippen molar-refractivity contribution in [2.75, 3.05) is 18.2 Å². The van der Waals surface area contributed by atoms with Gasteiger partial charge in [-0.3, -0.25) is 9.78 Å². The van der Waals surface area contributed by atoms with Crippen molar-refractivity contribution in [1.29, 1.82) is 0 Å². The number of pyridine rings is 2. The van der Waals surface area contributed by atoms with E-state index in [1.165, 1.54) is 37.6 Å². The number of amides is 1. The van der Waals surface area contributed by atoms with E-state index in [-0.39, 0.29) is 16.9 Å². The lowest BCUT2D eigenvalue weighted by Crippen LogP contribution is -2.15. The largest absolute Gasteiger partial charge is 0.465 e. The third-order valence-electron chi connectivity index (χ3n) is 3.81. The van der Waals surface area contributed by atoms with Crippen LogP contribution in [0.3, 0.4) is 0 Å². The Bertz CT molecular complexity index is 1010. The van der Waals surface area contributed by atoms with Gasteiger partial charge in [0, 0.05) is 29.8 Å². The van der Waals surface area contributed by atoms with Crippen LogP contribution in [0.4, 0.5) is 15.9 Å². The molecule has 0 aliphatic heterocycles. The molecule has 0 unspecified atom stereocenters. The van der Waals surface area contributed by atoms with Crippen LogP contribution in [-0.2, 0) is 4.74 Å². The van der Waals surface area contributed by atoms with Crippen LogP contribution in [0.5, 0.6) is 0 Å². The molecule has 0 atom stereocenters. The molecule has 3 aromatic rings. The van der Waals surface area contributed by atoms with E-state index in [4.69, 9.17) is 5.73 Å². The Kier molecular flexibility index (Phi) is 5.07. The summed E-state index contributed by atoms with van der Waals surface area (Å²) < 4.78 is 18.7. The normalized spacial score (nSPS) is 10.3. The zero-order valence-electron chi connectivity index (χ0n) is 14.3. The molecule has 0 saturated heterocycles. The number of halogens is 1. The highest BCUT2D eigenvalue weighted by Crippen LogP contribution is 2.25. The minimum absolute atomic E-state index is 0.0389. The Labute approximate surface area is 154 Å². The predicted octanol–water partition coefficient (Wildman–Crippen LogP) is 2.90. The summed E-state index contributed by atoms with van der Waals surface area (Å²) in [5.41, 5.74) is 7.23. The van der Waals surface area contributed by atoms with Crippen LogP contribution >= 0.6 is 0 Å². The fraction of sp³-hybridized carbons (Fsp3) is 0.0526. The van der Waals surface area contributed by atoms with Crippen molar-refractivity contribution >= 4 is 23.4 Å². The van der Waals surface area contributed by atoms with Crippen molar-refractivity contribution in [3.63, 3.8) is 0 Å². The first kappa shape index (κ1) is 18.0. The van der Waals surface area contributed by atoms with E-state index in [0.717, 1.165) is 0 Å². The van der Waals surface area contributed by atoms with Crippen molar-refractivity contribution in [2.45, 2.75) is 0 Å². The van der Waals surface area contributed by atoms with Gasteiger partial charge in [0.2, 0.25) is 0 Å². The number of carbonyl (C=O) groups excluding carboxylic acids is 2. The molecule has 27 heavy (non-hydrogen) atoms. The van der Waals surface area contributed by atoms with Crippen LogP contribution in [0.15, 0.2) is 55.0 Å². The molecular weight excluding hydrogens is 351 g/mol. The average Bonchev–Trinajstić information content (AvgIpc) is 2.68. The standard InChI is InChI=1S/C19H15FN4O3/c1-27-19(26)14-3-2-11(9-16(14)20)12-8-15(17(21)23-10-12)18(25)24-13-4-6-22-7-5-13/h2-10H,1H3,(H2,21,23)(H,22,24,25). The zero-order chi connectivity index (χ0) is 19.4. The molecule has 0 bridgehead atoms. The molecule has 0 fully saturated rings. The fourth-order valence-corrected chi connectivity index (χ4v) is 2.42. The van der Waals surface area contributed by atoms with Gasteiger partial charge in [-0.2, -0.15) is 0 Å². The lowest BCUT2D eigenvalue weighted by molar-refractivity contribution is 0.0595. The van der Waals surface area contributed by atoms with E-state index in [1.54, 1.807) is 24.5 Å². The molecule has 136 valence electrons. The molecular formula is C19H15FN4O3. The van der Waals surface area contributed by atoms with Gasteiger partial charge in [-0.25, -0.2) is 14.2 Å². The highest BCUT2D eigenvalue weighted by atomic mass is 19.1. The summed E-state index contributed by atoms with van der Waals surface area (Å²) in [6.07, 6.45) is 4.50. The van der Waals surface area contributed by atoms with Gasteiger partial charge in [-0.15, -0.1) is 0 Å². The summed E-state index contributed by atoms with van der Waals surface area (Å²) >= 11 is 0. The van der Waals surface area contributed by atoms with E-state index in [2.05, 4.69) is 20.0 Å². The smallest absolute Gasteiger partial charge is 0.340 e. The van der Waals surface area contributed by atoms with Crippen LogP contribution in [0, 0.1) is 5.82 Å². The lowest BCUT2D eigenvalue weighted by atomic mass is 10.0. The number of hydrogen-bond acceptors (Lipinski definition) is 6. The number of nitrogens with zero attached hydrogens (tertiary/aromatic N) is 2. The molecule has 0 spiro atoms. The van der Waals surface area contributed by atoms with Gasteiger partial charge in [0.05, 0.1) is 18.2 Å². The summed E-state index contributed by atoms with van der Waals surface area (Å²) in [4.78, 5) is 31.9. The molecule has 8 heteroatoms. The fourth-order valence-electron chi connectivity index (χ4n) is 2.42. The second-order valence-electron chi connectivity index (χ2n) is 5.53. The third-order valence-corrected chi connectivity index (χ3v) is 3.81. The van der Waals surface area contributed by atoms with Gasteiger partial charge >= 0.3 is 5.97 Å². The molecule has 2 heterocycles. The van der Waals surface area contributed by atoms with E-state index < -0.39 is 17.7 Å². The molecule has 0 radical (unpaired) electrons. The first-order valence-corrected chi connectivity index (χ1v) is 7.84. The van der Waals surface area contributed by atoms with Crippen molar-refractivity contribution in [1.82, 2.24) is 9.97 Å². The number of hydrogen-bond donors (Lipinski definition) is 2. The number of nitrogen functional groups attached to an aromatic ring is 1. The number of ether oxygens (including phenoxy) is 1. The number of esters is 1. The maximum Gasteiger partial charge on any atom is 0.340 e. The molecule has 7 nitrogen and oxygen atoms in total. The first-order valence-electron chi connectivity index (χ1n) is 7.84. The van der Waals surface area contributed by atoms with Gasteiger partial charge in [-0.1, -0.05) is 6.07 Å². The second kappa shape index (κ2) is 7.61. The topological polar surface area (TPSA) is 107 Å². The van der Waals surface area contributed by atoms with E-state index in [0.29, 0.717) is 16.8 Å². The van der Waals surface area contributed by atoms with Gasteiger partial charge in [0.15, 0.2) is 0 Å². The number of nitrogens with one attached hydrogen (secondary N) is 1. The summed E-state index contributed by atoms with van der Waals surface area (Å²) in [6, 6.07) is 8.78. The average molecular weight is 366 g/mol. The number of rotatable bonds is 4. The van der Waals surface area contributed by atoms with Gasteiger partial charge in [-0.05, 0) is 35.9 Å². The Morgan fingerprint density at radius 2 is 1.81 bits per heavy atom. The highest BCUT2D eigenvalue weighted by Gasteiger charge is 2.16. The third kappa shape index (κ3) is 3.90. The van der Waals surface area contributed by atoms with E-state index in [9.17, 15) is 14.0 Å². The molecule has 1 aromatic carbocycles. The zero-order valence-corrected chi connectivity index (χ0v) is 14.3. The van der Waals surface area contributed by atoms with E-state index in [1.807, 2.05) is 0 Å². The van der Waals surface area contributed by atoms with Gasteiger partial charge in [0.1, 0.15) is 11.6 Å². The number of nitrogens with two attached hydrogens (primary N) is 1. The van der Waals surface area contributed by atoms with Crippen LogP contribution in [0.1, 0.15) is 20.7 Å². The summed E-state index contributed by atoms with van der Waals surface area (Å²) in [7, 11) is 1.17. The minimum atomic E-state index is -0.771. The number of methoxy groups -OCH3 is 1. The van der Waals surface area contributed by atoms with Crippen molar-refractivity contribution in [3.05, 3.63) is 71.9 Å². The Balaban J connectivity index is 1.92. The van der Waals surface area contributed by atoms with Crippen LogP contribution in [0.25, 0.3) is 11.1 Å². The predicted molar refractivity (Wildman–Crippen MR) is 97.6 cm³/mol. The summed E-state index contributed by atoms with van der Waals surface area (Å²) in [5.74, 6) is -1.93. The molecule has 3 rings (SSSR count). The maximum absolute atomic E-state index is 14.2. The molecule has 0 saturated carbocycles. The monoisotopic (exact) mass is 366 g/mol. The SMILES string of the molecule is COC(=O)c1ccc(-c2cnc(N)c(C(=O)Nc3ccncc3)c2)cc1F. The van der Waals surface area contributed by atoms with Crippen LogP contribution in [0.2, 0.25) is 0 Å². The van der Waals surface area contributed by atoms with E-state index >= 15 is 0 Å². The number of benzene rings is 1. The number of anilines is 2. The van der Waals surface area contributed by atoms with Crippen molar-refractivity contribution in [2.24, 2.45) is 0 Å². The quantitative estimate of drug-likeness (QED) is 0.688. The van der Waals surface area contributed by atoms with Crippen LogP contribution < -0.4 is 11.1 Å². The molecule has 0 aliphatic carbocycles. The molecule has 2 aromatic heterocycles. The Morgan fingerprint density at radius 3 is 2.48 bits per heavy atom. The van der Waals surface area contributed by atoms with Gasteiger partial charge in [0.25, 0.3) is 5.91 Å². The molecule has 0 aliphatic rings. The Hall–Kier alpha value is -3.81. The first-order chi connectivity index (χ1) is 13.0. The number of aromatic nitrogens is 2. The maximum atomic E-state index is 14.2. The second-order valence-corrected chi connectivity index (χ2v) is 5.53. The van der Waals surface area contributed by atoms with Crippen molar-refractivity contribution in [3.8, 4) is 11.1 Å². The van der Waals surface area contributed by atoms with Crippen LogP contribution in [-0.4, -0.2) is 29.0 Å². The minimum Gasteiger partial charge on any atom is -0.465 e. The molecule has 3 N–H and O–H groups in total. The summed E-state index contributed by atoms with van der Waals surface area (Å²) in [5, 5.41) is 2.69. The summed E-state index contributed by atoms with van der Waals surface area (Å²) in [6.45, 7) is 0. The number of carbonyl (C=O) groups is 2. The molecule has 1 amide bonds. The van der Waals surface area contributed by atoms with Gasteiger partial charge < -0.3 is 15.8 Å². The highest BCUT2D eigenvalue weighted by molar-refractivity contribution is 6.07.